The van der Waals surface area contributed by atoms with Crippen molar-refractivity contribution in [2.24, 2.45) is 21.5 Å². The van der Waals surface area contributed by atoms with Gasteiger partial charge in [0, 0.05) is 12.0 Å². The van der Waals surface area contributed by atoms with E-state index in [0.29, 0.717) is 31.6 Å². The van der Waals surface area contributed by atoms with Crippen molar-refractivity contribution in [2.45, 2.75) is 39.3 Å². The minimum Gasteiger partial charge on any atom is -0.493 e. The first-order chi connectivity index (χ1) is 12.7. The zero-order valence-corrected chi connectivity index (χ0v) is 16.1. The van der Waals surface area contributed by atoms with Crippen molar-refractivity contribution in [3.8, 4) is 5.75 Å². The SMILES string of the molecule is C=CCc1cc(C(C)=O)ccc1OCCCON1C(N)=NC(N)=NC1(C)C. The summed E-state index contributed by atoms with van der Waals surface area (Å²) >= 11 is 0. The normalized spacial score (nSPS) is 15.7. The van der Waals surface area contributed by atoms with Gasteiger partial charge in [-0.25, -0.2) is 4.99 Å². The van der Waals surface area contributed by atoms with Gasteiger partial charge in [0.25, 0.3) is 0 Å². The Labute approximate surface area is 159 Å². The molecule has 0 aromatic heterocycles. The van der Waals surface area contributed by atoms with Gasteiger partial charge in [-0.2, -0.15) is 10.1 Å². The Hall–Kier alpha value is -2.87. The molecule has 27 heavy (non-hydrogen) atoms. The first kappa shape index (κ1) is 20.4. The minimum absolute atomic E-state index is 0.0203. The number of carbonyl (C=O) groups excluding carboxylic acids is 1. The Kier molecular flexibility index (Phi) is 6.57. The third-order valence-electron chi connectivity index (χ3n) is 3.92. The molecule has 8 heteroatoms. The van der Waals surface area contributed by atoms with Gasteiger partial charge in [0.05, 0.1) is 13.2 Å². The van der Waals surface area contributed by atoms with Crippen molar-refractivity contribution >= 4 is 17.7 Å². The molecule has 1 aliphatic rings. The maximum absolute atomic E-state index is 11.5. The van der Waals surface area contributed by atoms with Crippen LogP contribution in [0, 0.1) is 0 Å². The molecule has 2 rings (SSSR count). The maximum atomic E-state index is 11.5. The molecule has 4 N–H and O–H groups in total. The van der Waals surface area contributed by atoms with E-state index in [4.69, 9.17) is 21.0 Å². The molecule has 0 radical (unpaired) electrons. The van der Waals surface area contributed by atoms with Crippen molar-refractivity contribution in [2.75, 3.05) is 13.2 Å². The molecular weight excluding hydrogens is 346 g/mol. The maximum Gasteiger partial charge on any atom is 0.226 e. The summed E-state index contributed by atoms with van der Waals surface area (Å²) in [5, 5.41) is 1.44. The fourth-order valence-electron chi connectivity index (χ4n) is 2.67. The van der Waals surface area contributed by atoms with Crippen LogP contribution in [-0.2, 0) is 11.3 Å². The molecule has 146 valence electrons. The first-order valence-electron chi connectivity index (χ1n) is 8.75. The van der Waals surface area contributed by atoms with E-state index in [0.717, 1.165) is 11.3 Å². The Balaban J connectivity index is 1.88. The molecular formula is C19H27N5O3. The fourth-order valence-corrected chi connectivity index (χ4v) is 2.67. The molecule has 0 amide bonds. The summed E-state index contributed by atoms with van der Waals surface area (Å²) in [4.78, 5) is 25.4. The Bertz CT molecular complexity index is 771. The average molecular weight is 373 g/mol. The largest absolute Gasteiger partial charge is 0.493 e. The second-order valence-electron chi connectivity index (χ2n) is 6.64. The summed E-state index contributed by atoms with van der Waals surface area (Å²) in [5.74, 6) is 1.05. The summed E-state index contributed by atoms with van der Waals surface area (Å²) in [7, 11) is 0. The van der Waals surface area contributed by atoms with Crippen molar-refractivity contribution in [3.63, 3.8) is 0 Å². The third-order valence-corrected chi connectivity index (χ3v) is 3.92. The molecule has 0 unspecified atom stereocenters. The van der Waals surface area contributed by atoms with Gasteiger partial charge in [-0.15, -0.1) is 6.58 Å². The second kappa shape index (κ2) is 8.68. The molecule has 0 bridgehead atoms. The van der Waals surface area contributed by atoms with E-state index in [9.17, 15) is 4.79 Å². The van der Waals surface area contributed by atoms with Crippen LogP contribution in [0.5, 0.6) is 5.75 Å². The standard InChI is InChI=1S/C19H27N5O3/c1-5-7-15-12-14(13(2)25)8-9-16(15)26-10-6-11-27-24-18(21)22-17(20)23-19(24,3)4/h5,8-9,12H,1,6-7,10-11H2,2-4H3,(H4,20,21,22,23). The van der Waals surface area contributed by atoms with Crippen LogP contribution in [0.25, 0.3) is 0 Å². The number of rotatable bonds is 9. The van der Waals surface area contributed by atoms with Gasteiger partial charge in [-0.1, -0.05) is 6.08 Å². The zero-order valence-electron chi connectivity index (χ0n) is 16.1. The molecule has 0 saturated carbocycles. The van der Waals surface area contributed by atoms with E-state index >= 15 is 0 Å². The first-order valence-corrected chi connectivity index (χ1v) is 8.75. The highest BCUT2D eigenvalue weighted by atomic mass is 16.7. The van der Waals surface area contributed by atoms with E-state index in [1.807, 2.05) is 26.0 Å². The number of carbonyl (C=O) groups is 1. The Morgan fingerprint density at radius 1 is 1.33 bits per heavy atom. The molecule has 0 saturated heterocycles. The highest BCUT2D eigenvalue weighted by Gasteiger charge is 2.32. The van der Waals surface area contributed by atoms with Crippen LogP contribution < -0.4 is 16.2 Å². The predicted molar refractivity (Wildman–Crippen MR) is 106 cm³/mol. The van der Waals surface area contributed by atoms with Crippen molar-refractivity contribution in [1.29, 1.82) is 0 Å². The number of nitrogens with two attached hydrogens (primary N) is 2. The predicted octanol–water partition coefficient (Wildman–Crippen LogP) is 2.00. The van der Waals surface area contributed by atoms with Gasteiger partial charge in [0.1, 0.15) is 5.75 Å². The lowest BCUT2D eigenvalue weighted by Crippen LogP contribution is -2.53. The molecule has 1 heterocycles. The quantitative estimate of drug-likeness (QED) is 0.389. The van der Waals surface area contributed by atoms with Gasteiger partial charge in [0.2, 0.25) is 11.9 Å². The van der Waals surface area contributed by atoms with Gasteiger partial charge in [0.15, 0.2) is 11.4 Å². The molecule has 0 atom stereocenters. The fraction of sp³-hybridized carbons (Fsp3) is 0.421. The number of hydrogen-bond donors (Lipinski definition) is 2. The molecule has 0 spiro atoms. The number of Topliss-reactive ketones (excluding diaryl/α,β-unsaturated/α-hetero) is 1. The summed E-state index contributed by atoms with van der Waals surface area (Å²) in [5.41, 5.74) is 12.3. The van der Waals surface area contributed by atoms with E-state index < -0.39 is 5.66 Å². The van der Waals surface area contributed by atoms with Gasteiger partial charge < -0.3 is 16.2 Å². The minimum atomic E-state index is -0.726. The third kappa shape index (κ3) is 5.30. The Morgan fingerprint density at radius 3 is 2.70 bits per heavy atom. The van der Waals surface area contributed by atoms with E-state index in [1.165, 1.54) is 5.06 Å². The summed E-state index contributed by atoms with van der Waals surface area (Å²) in [6, 6.07) is 5.41. The molecule has 1 aliphatic heterocycles. The number of hydrogen-bond acceptors (Lipinski definition) is 8. The van der Waals surface area contributed by atoms with Crippen molar-refractivity contribution in [3.05, 3.63) is 42.0 Å². The molecule has 1 aromatic carbocycles. The van der Waals surface area contributed by atoms with E-state index in [1.54, 1.807) is 19.1 Å². The average Bonchev–Trinajstić information content (AvgIpc) is 2.57. The van der Waals surface area contributed by atoms with E-state index in [2.05, 4.69) is 16.6 Å². The summed E-state index contributed by atoms with van der Waals surface area (Å²) < 4.78 is 5.84. The Morgan fingerprint density at radius 2 is 2.07 bits per heavy atom. The van der Waals surface area contributed by atoms with Gasteiger partial charge >= 0.3 is 0 Å². The topological polar surface area (TPSA) is 116 Å². The lowest BCUT2D eigenvalue weighted by atomic mass is 10.0. The van der Waals surface area contributed by atoms with E-state index in [-0.39, 0.29) is 17.7 Å². The second-order valence-corrected chi connectivity index (χ2v) is 6.64. The molecule has 8 nitrogen and oxygen atoms in total. The number of ketones is 1. The summed E-state index contributed by atoms with van der Waals surface area (Å²) in [6.45, 7) is 9.77. The highest BCUT2D eigenvalue weighted by Crippen LogP contribution is 2.22. The van der Waals surface area contributed by atoms with Crippen LogP contribution in [-0.4, -0.2) is 41.6 Å². The number of benzene rings is 1. The molecule has 0 fully saturated rings. The number of ether oxygens (including phenoxy) is 1. The van der Waals surface area contributed by atoms with Crippen molar-refractivity contribution in [1.82, 2.24) is 5.06 Å². The monoisotopic (exact) mass is 373 g/mol. The highest BCUT2D eigenvalue weighted by molar-refractivity contribution is 5.95. The number of hydroxylamine groups is 2. The number of aliphatic imine (C=N–C) groups is 2. The number of nitrogens with zero attached hydrogens (tertiary/aromatic N) is 3. The summed E-state index contributed by atoms with van der Waals surface area (Å²) in [6.07, 6.45) is 3.03. The van der Waals surface area contributed by atoms with Crippen LogP contribution in [0.1, 0.15) is 43.1 Å². The molecule has 1 aromatic rings. The van der Waals surface area contributed by atoms with Gasteiger partial charge in [-0.05, 0) is 51.0 Å². The van der Waals surface area contributed by atoms with Crippen molar-refractivity contribution < 1.29 is 14.4 Å². The lowest BCUT2D eigenvalue weighted by molar-refractivity contribution is -0.158. The van der Waals surface area contributed by atoms with Crippen LogP contribution in [0.2, 0.25) is 0 Å². The molecule has 0 aliphatic carbocycles. The van der Waals surface area contributed by atoms with Crippen LogP contribution in [0.15, 0.2) is 40.8 Å². The number of allylic oxidation sites excluding steroid dienone is 1. The lowest BCUT2D eigenvalue weighted by Gasteiger charge is -2.36. The smallest absolute Gasteiger partial charge is 0.226 e. The zero-order chi connectivity index (χ0) is 20.0. The van der Waals surface area contributed by atoms with Crippen LogP contribution in [0.3, 0.4) is 0 Å². The van der Waals surface area contributed by atoms with Gasteiger partial charge in [-0.3, -0.25) is 9.63 Å². The number of guanidine groups is 2. The van der Waals surface area contributed by atoms with Crippen LogP contribution in [0.4, 0.5) is 0 Å². The van der Waals surface area contributed by atoms with Crippen LogP contribution >= 0.6 is 0 Å².